The van der Waals surface area contributed by atoms with Crippen molar-refractivity contribution in [2.24, 2.45) is 0 Å². The number of halogens is 1. The summed E-state index contributed by atoms with van der Waals surface area (Å²) in [6.45, 7) is 3.51. The predicted molar refractivity (Wildman–Crippen MR) is 47.9 cm³/mol. The molecule has 1 aromatic carbocycles. The lowest BCUT2D eigenvalue weighted by Crippen LogP contribution is -2.24. The number of aryl methyl sites for hydroxylation is 1. The molecule has 0 bridgehead atoms. The second-order valence-corrected chi connectivity index (χ2v) is 3.51. The lowest BCUT2D eigenvalue weighted by molar-refractivity contribution is -0.255. The van der Waals surface area contributed by atoms with Gasteiger partial charge in [0.05, 0.1) is 5.97 Å². The van der Waals surface area contributed by atoms with Crippen molar-refractivity contribution < 1.29 is 9.90 Å². The van der Waals surface area contributed by atoms with Crippen LogP contribution in [0, 0.1) is 13.8 Å². The maximum absolute atomic E-state index is 10.7. The summed E-state index contributed by atoms with van der Waals surface area (Å²) in [7, 11) is 0. The van der Waals surface area contributed by atoms with Crippen molar-refractivity contribution >= 4 is 21.9 Å². The molecule has 64 valence electrons. The van der Waals surface area contributed by atoms with Crippen LogP contribution < -0.4 is 5.11 Å². The van der Waals surface area contributed by atoms with E-state index in [9.17, 15) is 9.90 Å². The second kappa shape index (κ2) is 3.27. The third-order valence-corrected chi connectivity index (χ3v) is 2.67. The van der Waals surface area contributed by atoms with E-state index in [0.717, 1.165) is 15.6 Å². The predicted octanol–water partition coefficient (Wildman–Crippen LogP) is 1.43. The summed E-state index contributed by atoms with van der Waals surface area (Å²) in [5.74, 6) is -1.12. The number of carbonyl (C=O) groups is 1. The Morgan fingerprint density at radius 1 is 1.42 bits per heavy atom. The van der Waals surface area contributed by atoms with Gasteiger partial charge in [0.1, 0.15) is 0 Å². The highest BCUT2D eigenvalue weighted by Gasteiger charge is 2.05. The third-order valence-electron chi connectivity index (χ3n) is 1.81. The molecular weight excluding hydrogens is 220 g/mol. The molecule has 0 N–H and O–H groups in total. The molecule has 0 radical (unpaired) electrons. The number of benzene rings is 1. The van der Waals surface area contributed by atoms with Crippen LogP contribution in [0.1, 0.15) is 21.5 Å². The van der Waals surface area contributed by atoms with Gasteiger partial charge in [0, 0.05) is 10.0 Å². The molecule has 1 aromatic rings. The zero-order valence-electron chi connectivity index (χ0n) is 6.85. The summed E-state index contributed by atoms with van der Waals surface area (Å²) < 4.78 is 0.798. The summed E-state index contributed by atoms with van der Waals surface area (Å²) in [5, 5.41) is 10.7. The lowest BCUT2D eigenvalue weighted by atomic mass is 10.0. The van der Waals surface area contributed by atoms with Gasteiger partial charge in [-0.3, -0.25) is 0 Å². The largest absolute Gasteiger partial charge is 0.545 e. The van der Waals surface area contributed by atoms with Gasteiger partial charge in [-0.2, -0.15) is 0 Å². The molecule has 0 aliphatic heterocycles. The van der Waals surface area contributed by atoms with Crippen molar-refractivity contribution in [2.75, 3.05) is 0 Å². The van der Waals surface area contributed by atoms with E-state index in [0.29, 0.717) is 0 Å². The summed E-state index contributed by atoms with van der Waals surface area (Å²) in [6.07, 6.45) is 0. The van der Waals surface area contributed by atoms with E-state index in [1.807, 2.05) is 6.07 Å². The molecule has 0 aromatic heterocycles. The van der Waals surface area contributed by atoms with E-state index in [-0.39, 0.29) is 5.56 Å². The van der Waals surface area contributed by atoms with Gasteiger partial charge in [-0.05, 0) is 31.0 Å². The molecule has 2 nitrogen and oxygen atoms in total. The zero-order chi connectivity index (χ0) is 9.30. The molecule has 0 aliphatic rings. The highest BCUT2D eigenvalue weighted by molar-refractivity contribution is 9.10. The lowest BCUT2D eigenvalue weighted by Gasteiger charge is -2.11. The van der Waals surface area contributed by atoms with Crippen molar-refractivity contribution in [2.45, 2.75) is 13.8 Å². The molecule has 3 heteroatoms. The molecule has 0 fully saturated rings. The maximum Gasteiger partial charge on any atom is 0.0721 e. The number of rotatable bonds is 1. The average molecular weight is 228 g/mol. The summed E-state index contributed by atoms with van der Waals surface area (Å²) in [5.41, 5.74) is 1.73. The summed E-state index contributed by atoms with van der Waals surface area (Å²) in [6, 6.07) is 3.58. The first-order chi connectivity index (χ1) is 5.54. The van der Waals surface area contributed by atoms with E-state index in [1.54, 1.807) is 19.9 Å². The summed E-state index contributed by atoms with van der Waals surface area (Å²) >= 11 is 3.26. The van der Waals surface area contributed by atoms with Crippen LogP contribution in [-0.2, 0) is 0 Å². The van der Waals surface area contributed by atoms with Crippen LogP contribution in [0.5, 0.6) is 0 Å². The van der Waals surface area contributed by atoms with E-state index in [4.69, 9.17) is 0 Å². The Morgan fingerprint density at radius 3 is 2.42 bits per heavy atom. The fourth-order valence-electron chi connectivity index (χ4n) is 1.14. The normalized spacial score (nSPS) is 9.92. The number of carbonyl (C=O) groups excluding carboxylic acids is 1. The van der Waals surface area contributed by atoms with Gasteiger partial charge in [-0.1, -0.05) is 22.0 Å². The third kappa shape index (κ3) is 1.50. The number of hydrogen-bond acceptors (Lipinski definition) is 2. The minimum Gasteiger partial charge on any atom is -0.545 e. The Bertz CT molecular complexity index is 332. The number of carboxylic acid groups (broad SMARTS) is 1. The monoisotopic (exact) mass is 227 g/mol. The molecule has 0 aliphatic carbocycles. The van der Waals surface area contributed by atoms with E-state index in [2.05, 4.69) is 15.9 Å². The van der Waals surface area contributed by atoms with Crippen LogP contribution in [0.15, 0.2) is 16.6 Å². The second-order valence-electron chi connectivity index (χ2n) is 2.65. The molecule has 0 unspecified atom stereocenters. The Hall–Kier alpha value is -0.830. The van der Waals surface area contributed by atoms with E-state index in [1.165, 1.54) is 0 Å². The molecule has 12 heavy (non-hydrogen) atoms. The van der Waals surface area contributed by atoms with Crippen LogP contribution in [0.2, 0.25) is 0 Å². The number of hydrogen-bond donors (Lipinski definition) is 0. The van der Waals surface area contributed by atoms with Gasteiger partial charge >= 0.3 is 0 Å². The molecule has 1 rings (SSSR count). The SMILES string of the molecule is Cc1ccc(Br)c(C)c1C(=O)[O-]. The van der Waals surface area contributed by atoms with Gasteiger partial charge in [-0.25, -0.2) is 0 Å². The fraction of sp³-hybridized carbons (Fsp3) is 0.222. The van der Waals surface area contributed by atoms with Crippen molar-refractivity contribution in [3.8, 4) is 0 Å². The topological polar surface area (TPSA) is 40.1 Å². The maximum atomic E-state index is 10.7. The highest BCUT2D eigenvalue weighted by Crippen LogP contribution is 2.21. The van der Waals surface area contributed by atoms with Gasteiger partial charge in [0.2, 0.25) is 0 Å². The molecule has 0 saturated heterocycles. The molecule has 0 spiro atoms. The molecule has 0 saturated carbocycles. The Morgan fingerprint density at radius 2 is 2.00 bits per heavy atom. The molecule has 0 atom stereocenters. The van der Waals surface area contributed by atoms with Crippen LogP contribution >= 0.6 is 15.9 Å². The van der Waals surface area contributed by atoms with Crippen LogP contribution in [0.4, 0.5) is 0 Å². The van der Waals surface area contributed by atoms with Crippen LogP contribution in [0.3, 0.4) is 0 Å². The average Bonchev–Trinajstić information content (AvgIpc) is 1.97. The van der Waals surface area contributed by atoms with Gasteiger partial charge in [0.25, 0.3) is 0 Å². The first-order valence-electron chi connectivity index (χ1n) is 3.51. The Labute approximate surface area is 79.3 Å². The van der Waals surface area contributed by atoms with Crippen molar-refractivity contribution in [1.82, 2.24) is 0 Å². The van der Waals surface area contributed by atoms with E-state index >= 15 is 0 Å². The van der Waals surface area contributed by atoms with Gasteiger partial charge in [0.15, 0.2) is 0 Å². The van der Waals surface area contributed by atoms with Crippen molar-refractivity contribution in [3.63, 3.8) is 0 Å². The quantitative estimate of drug-likeness (QED) is 0.729. The molecule has 0 amide bonds. The fourth-order valence-corrected chi connectivity index (χ4v) is 1.47. The Kier molecular flexibility index (Phi) is 2.52. The summed E-state index contributed by atoms with van der Waals surface area (Å²) in [4.78, 5) is 10.7. The smallest absolute Gasteiger partial charge is 0.0721 e. The molecular formula is C9H8BrO2-. The van der Waals surface area contributed by atoms with Crippen molar-refractivity contribution in [3.05, 3.63) is 33.3 Å². The minimum atomic E-state index is -1.12. The number of aromatic carboxylic acids is 1. The Balaban J connectivity index is 3.43. The van der Waals surface area contributed by atoms with Crippen LogP contribution in [0.25, 0.3) is 0 Å². The van der Waals surface area contributed by atoms with Crippen molar-refractivity contribution in [1.29, 1.82) is 0 Å². The minimum absolute atomic E-state index is 0.282. The number of carboxylic acids is 1. The molecule has 0 heterocycles. The first kappa shape index (κ1) is 9.26. The van der Waals surface area contributed by atoms with E-state index < -0.39 is 5.97 Å². The van der Waals surface area contributed by atoms with Gasteiger partial charge in [-0.15, -0.1) is 0 Å². The highest BCUT2D eigenvalue weighted by atomic mass is 79.9. The van der Waals surface area contributed by atoms with Crippen LogP contribution in [-0.4, -0.2) is 5.97 Å². The standard InChI is InChI=1S/C9H9BrO2/c1-5-3-4-7(10)6(2)8(5)9(11)12/h3-4H,1-2H3,(H,11,12)/p-1. The first-order valence-corrected chi connectivity index (χ1v) is 4.30. The zero-order valence-corrected chi connectivity index (χ0v) is 8.44. The van der Waals surface area contributed by atoms with Gasteiger partial charge < -0.3 is 9.90 Å².